The predicted octanol–water partition coefficient (Wildman–Crippen LogP) is 2.26. The van der Waals surface area contributed by atoms with Gasteiger partial charge >= 0.3 is 0 Å². The number of nitrogens with zero attached hydrogens (tertiary/aromatic N) is 4. The summed E-state index contributed by atoms with van der Waals surface area (Å²) in [7, 11) is 6.21. The van der Waals surface area contributed by atoms with Crippen LogP contribution in [0.1, 0.15) is 29.2 Å². The molecule has 6 heteroatoms. The van der Waals surface area contributed by atoms with E-state index in [2.05, 4.69) is 58.1 Å². The number of aromatic nitrogens is 2. The Labute approximate surface area is 149 Å². The van der Waals surface area contributed by atoms with Crippen LogP contribution in [0.3, 0.4) is 0 Å². The number of benzene rings is 1. The molecule has 2 aromatic rings. The van der Waals surface area contributed by atoms with Crippen molar-refractivity contribution in [3.63, 3.8) is 0 Å². The highest BCUT2D eigenvalue weighted by atomic mass is 16.5. The Bertz CT molecular complexity index is 713. The lowest BCUT2D eigenvalue weighted by Gasteiger charge is -2.22. The number of nitrogens with two attached hydrogens (primary N) is 1. The van der Waals surface area contributed by atoms with E-state index in [0.29, 0.717) is 18.5 Å². The van der Waals surface area contributed by atoms with Crippen LogP contribution < -0.4 is 10.6 Å². The molecule has 25 heavy (non-hydrogen) atoms. The highest BCUT2D eigenvalue weighted by Gasteiger charge is 2.21. The molecule has 0 amide bonds. The summed E-state index contributed by atoms with van der Waals surface area (Å²) in [6.07, 6.45) is 0.991. The highest BCUT2D eigenvalue weighted by molar-refractivity contribution is 5.45. The van der Waals surface area contributed by atoms with Gasteiger partial charge in [-0.1, -0.05) is 24.3 Å². The zero-order valence-corrected chi connectivity index (χ0v) is 15.3. The van der Waals surface area contributed by atoms with E-state index in [9.17, 15) is 0 Å². The van der Waals surface area contributed by atoms with Gasteiger partial charge in [-0.15, -0.1) is 0 Å². The van der Waals surface area contributed by atoms with Crippen LogP contribution >= 0.6 is 0 Å². The Hall–Kier alpha value is -2.18. The zero-order chi connectivity index (χ0) is 17.8. The third-order valence-corrected chi connectivity index (χ3v) is 4.50. The van der Waals surface area contributed by atoms with E-state index in [1.54, 1.807) is 0 Å². The van der Waals surface area contributed by atoms with E-state index in [0.717, 1.165) is 37.6 Å². The molecular formula is C19H27N5O. The number of rotatable bonds is 6. The number of ether oxygens (including phenoxy) is 1. The largest absolute Gasteiger partial charge is 0.381 e. The molecule has 134 valence electrons. The number of anilines is 2. The fraction of sp³-hybridized carbons (Fsp3) is 0.474. The minimum atomic E-state index is 0.318. The van der Waals surface area contributed by atoms with Gasteiger partial charge in [-0.05, 0) is 31.6 Å². The van der Waals surface area contributed by atoms with Crippen molar-refractivity contribution in [3.05, 3.63) is 47.2 Å². The van der Waals surface area contributed by atoms with Crippen LogP contribution in [0.15, 0.2) is 30.3 Å². The average molecular weight is 341 g/mol. The third-order valence-electron chi connectivity index (χ3n) is 4.50. The summed E-state index contributed by atoms with van der Waals surface area (Å²) in [4.78, 5) is 13.2. The summed E-state index contributed by atoms with van der Waals surface area (Å²) in [5, 5.41) is 0. The molecule has 1 atom stereocenters. The van der Waals surface area contributed by atoms with Crippen LogP contribution in [0.5, 0.6) is 0 Å². The molecule has 0 bridgehead atoms. The summed E-state index contributed by atoms with van der Waals surface area (Å²) < 4.78 is 5.48. The first-order chi connectivity index (χ1) is 12.0. The lowest BCUT2D eigenvalue weighted by molar-refractivity contribution is 0.193. The molecule has 0 aliphatic carbocycles. The van der Waals surface area contributed by atoms with Crippen LogP contribution in [0.2, 0.25) is 0 Å². The molecule has 2 heterocycles. The lowest BCUT2D eigenvalue weighted by Crippen LogP contribution is -2.21. The van der Waals surface area contributed by atoms with Crippen molar-refractivity contribution in [1.29, 1.82) is 0 Å². The van der Waals surface area contributed by atoms with Gasteiger partial charge in [-0.3, -0.25) is 0 Å². The first-order valence-corrected chi connectivity index (χ1v) is 8.68. The van der Waals surface area contributed by atoms with Gasteiger partial charge in [0.05, 0.1) is 12.3 Å². The maximum atomic E-state index is 5.96. The second-order valence-electron chi connectivity index (χ2n) is 6.93. The van der Waals surface area contributed by atoms with Gasteiger partial charge in [0.2, 0.25) is 5.95 Å². The van der Waals surface area contributed by atoms with E-state index in [4.69, 9.17) is 10.5 Å². The highest BCUT2D eigenvalue weighted by Crippen LogP contribution is 2.27. The standard InChI is InChI=1S/C19H27N5O/c1-23(2)11-14-6-4-5-7-15(14)12-24(3)18-10-17(21-19(20)22-18)16-8-9-25-13-16/h4-7,10,16H,8-9,11-13H2,1-3H3,(H2,20,21,22)/t16-/m0/s1. The molecule has 1 aromatic heterocycles. The SMILES string of the molecule is CN(C)Cc1ccccc1CN(C)c1cc([C@H]2CCOC2)nc(N)n1. The quantitative estimate of drug-likeness (QED) is 0.869. The smallest absolute Gasteiger partial charge is 0.222 e. The first kappa shape index (κ1) is 17.6. The molecule has 0 radical (unpaired) electrons. The molecule has 0 spiro atoms. The molecular weight excluding hydrogens is 314 g/mol. The molecule has 1 aliphatic rings. The number of hydrogen-bond acceptors (Lipinski definition) is 6. The minimum Gasteiger partial charge on any atom is -0.381 e. The summed E-state index contributed by atoms with van der Waals surface area (Å²) in [5.41, 5.74) is 9.56. The maximum absolute atomic E-state index is 5.96. The van der Waals surface area contributed by atoms with Gasteiger partial charge in [0.15, 0.2) is 0 Å². The Kier molecular flexibility index (Phi) is 5.50. The zero-order valence-electron chi connectivity index (χ0n) is 15.3. The summed E-state index contributed by atoms with van der Waals surface area (Å²) >= 11 is 0. The molecule has 1 aliphatic heterocycles. The molecule has 0 saturated carbocycles. The van der Waals surface area contributed by atoms with E-state index >= 15 is 0 Å². The molecule has 1 aromatic carbocycles. The fourth-order valence-electron chi connectivity index (χ4n) is 3.19. The first-order valence-electron chi connectivity index (χ1n) is 8.68. The van der Waals surface area contributed by atoms with E-state index < -0.39 is 0 Å². The maximum Gasteiger partial charge on any atom is 0.222 e. The molecule has 3 rings (SSSR count). The van der Waals surface area contributed by atoms with Gasteiger partial charge in [0.1, 0.15) is 5.82 Å². The number of hydrogen-bond donors (Lipinski definition) is 1. The Balaban J connectivity index is 1.80. The van der Waals surface area contributed by atoms with Crippen molar-refractivity contribution in [2.24, 2.45) is 0 Å². The second-order valence-corrected chi connectivity index (χ2v) is 6.93. The van der Waals surface area contributed by atoms with E-state index in [-0.39, 0.29) is 0 Å². The molecule has 1 fully saturated rings. The minimum absolute atomic E-state index is 0.318. The summed E-state index contributed by atoms with van der Waals surface area (Å²) in [6, 6.07) is 10.6. The topological polar surface area (TPSA) is 67.5 Å². The van der Waals surface area contributed by atoms with Crippen LogP contribution in [-0.4, -0.2) is 49.2 Å². The Morgan fingerprint density at radius 2 is 1.84 bits per heavy atom. The van der Waals surface area contributed by atoms with E-state index in [1.165, 1.54) is 11.1 Å². The summed E-state index contributed by atoms with van der Waals surface area (Å²) in [6.45, 7) is 3.20. The molecule has 6 nitrogen and oxygen atoms in total. The average Bonchev–Trinajstić information content (AvgIpc) is 3.10. The lowest BCUT2D eigenvalue weighted by atomic mass is 10.0. The van der Waals surface area contributed by atoms with Gasteiger partial charge < -0.3 is 20.3 Å². The van der Waals surface area contributed by atoms with Crippen molar-refractivity contribution in [2.45, 2.75) is 25.4 Å². The van der Waals surface area contributed by atoms with Gasteiger partial charge in [-0.25, -0.2) is 4.98 Å². The van der Waals surface area contributed by atoms with Gasteiger partial charge in [0.25, 0.3) is 0 Å². The molecule has 1 saturated heterocycles. The van der Waals surface area contributed by atoms with Crippen molar-refractivity contribution in [1.82, 2.24) is 14.9 Å². The predicted molar refractivity (Wildman–Crippen MR) is 101 cm³/mol. The second kappa shape index (κ2) is 7.80. The van der Waals surface area contributed by atoms with Crippen LogP contribution in [0.4, 0.5) is 11.8 Å². The van der Waals surface area contributed by atoms with Crippen molar-refractivity contribution >= 4 is 11.8 Å². The van der Waals surface area contributed by atoms with Crippen molar-refractivity contribution in [3.8, 4) is 0 Å². The number of nitrogen functional groups attached to an aromatic ring is 1. The van der Waals surface area contributed by atoms with Crippen LogP contribution in [0.25, 0.3) is 0 Å². The van der Waals surface area contributed by atoms with E-state index in [1.807, 2.05) is 13.1 Å². The normalized spacial score (nSPS) is 17.2. The van der Waals surface area contributed by atoms with Crippen LogP contribution in [-0.2, 0) is 17.8 Å². The van der Waals surface area contributed by atoms with Crippen molar-refractivity contribution < 1.29 is 4.74 Å². The van der Waals surface area contributed by atoms with Gasteiger partial charge in [0, 0.05) is 38.7 Å². The molecule has 0 unspecified atom stereocenters. The van der Waals surface area contributed by atoms with Crippen LogP contribution in [0, 0.1) is 0 Å². The Morgan fingerprint density at radius 3 is 2.48 bits per heavy atom. The Morgan fingerprint density at radius 1 is 1.12 bits per heavy atom. The molecule has 2 N–H and O–H groups in total. The monoisotopic (exact) mass is 341 g/mol. The fourth-order valence-corrected chi connectivity index (χ4v) is 3.19. The van der Waals surface area contributed by atoms with Crippen molar-refractivity contribution in [2.75, 3.05) is 45.0 Å². The van der Waals surface area contributed by atoms with Gasteiger partial charge in [-0.2, -0.15) is 4.98 Å². The third kappa shape index (κ3) is 4.46. The summed E-state index contributed by atoms with van der Waals surface area (Å²) in [5.74, 6) is 1.50.